The number of aliphatic hydroxyl groups is 1. The maximum absolute atomic E-state index is 10.7. The summed E-state index contributed by atoms with van der Waals surface area (Å²) in [5.74, 6) is 0. The topological polar surface area (TPSA) is 40.5 Å². The molecule has 0 saturated carbocycles. The van der Waals surface area contributed by atoms with Gasteiger partial charge in [0.25, 0.3) is 0 Å². The average molecular weight is 149 g/mol. The van der Waals surface area contributed by atoms with Gasteiger partial charge in [-0.2, -0.15) is 0 Å². The molecule has 9 heavy (non-hydrogen) atoms. The van der Waals surface area contributed by atoms with E-state index in [1.807, 2.05) is 0 Å². The molecule has 1 saturated heterocycles. The molecule has 0 amide bonds. The van der Waals surface area contributed by atoms with E-state index >= 15 is 0 Å². The van der Waals surface area contributed by atoms with Crippen molar-refractivity contribution in [2.45, 2.75) is 12.5 Å². The number of hydrogen-bond donors (Lipinski definition) is 1. The fourth-order valence-electron chi connectivity index (χ4n) is 0.944. The van der Waals surface area contributed by atoms with E-state index < -0.39 is 11.0 Å². The molecule has 1 aliphatic rings. The van der Waals surface area contributed by atoms with Gasteiger partial charge in [0, 0.05) is 19.3 Å². The number of hydrogen-bond acceptors (Lipinski definition) is 2. The van der Waals surface area contributed by atoms with Crippen LogP contribution in [0.2, 0.25) is 0 Å². The SMILES string of the molecule is CS(=O)N1CC[C@@H](O)C1. The molecule has 4 heteroatoms. The van der Waals surface area contributed by atoms with Crippen LogP contribution in [0.4, 0.5) is 0 Å². The standard InChI is InChI=1S/C5H11NO2S/c1-9(8)6-3-2-5(7)4-6/h5,7H,2-4H2,1H3/t5-,9?/m1/s1. The average Bonchev–Trinajstić information content (AvgIpc) is 2.14. The van der Waals surface area contributed by atoms with Crippen LogP contribution < -0.4 is 0 Å². The third-order valence-corrected chi connectivity index (χ3v) is 2.55. The molecule has 1 heterocycles. The molecule has 1 unspecified atom stereocenters. The van der Waals surface area contributed by atoms with Crippen molar-refractivity contribution in [1.29, 1.82) is 0 Å². The first-order valence-electron chi connectivity index (χ1n) is 2.96. The van der Waals surface area contributed by atoms with Crippen molar-refractivity contribution in [3.63, 3.8) is 0 Å². The fraction of sp³-hybridized carbons (Fsp3) is 1.00. The molecule has 0 aromatic heterocycles. The Morgan fingerprint density at radius 1 is 1.78 bits per heavy atom. The highest BCUT2D eigenvalue weighted by atomic mass is 32.2. The molecule has 2 atom stereocenters. The zero-order chi connectivity index (χ0) is 6.85. The Morgan fingerprint density at radius 2 is 2.44 bits per heavy atom. The maximum atomic E-state index is 10.7. The maximum Gasteiger partial charge on any atom is 0.0911 e. The summed E-state index contributed by atoms with van der Waals surface area (Å²) in [6.45, 7) is 1.34. The Kier molecular flexibility index (Phi) is 2.21. The highest BCUT2D eigenvalue weighted by molar-refractivity contribution is 7.81. The van der Waals surface area contributed by atoms with Crippen LogP contribution in [0.15, 0.2) is 0 Å². The number of rotatable bonds is 1. The zero-order valence-electron chi connectivity index (χ0n) is 5.41. The van der Waals surface area contributed by atoms with Crippen molar-refractivity contribution in [1.82, 2.24) is 4.31 Å². The summed E-state index contributed by atoms with van der Waals surface area (Å²) in [7, 11) is -0.888. The van der Waals surface area contributed by atoms with E-state index in [0.717, 1.165) is 13.0 Å². The lowest BCUT2D eigenvalue weighted by Gasteiger charge is -2.08. The van der Waals surface area contributed by atoms with Gasteiger partial charge >= 0.3 is 0 Å². The van der Waals surface area contributed by atoms with Crippen LogP contribution in [0.1, 0.15) is 6.42 Å². The molecule has 0 radical (unpaired) electrons. The van der Waals surface area contributed by atoms with Gasteiger partial charge in [-0.25, -0.2) is 8.51 Å². The summed E-state index contributed by atoms with van der Waals surface area (Å²) in [6.07, 6.45) is 2.14. The molecule has 0 aromatic rings. The van der Waals surface area contributed by atoms with Crippen LogP contribution in [0.25, 0.3) is 0 Å². The Hall–Kier alpha value is 0.0700. The molecular weight excluding hydrogens is 138 g/mol. The van der Waals surface area contributed by atoms with Crippen molar-refractivity contribution in [2.24, 2.45) is 0 Å². The van der Waals surface area contributed by atoms with Gasteiger partial charge in [0.15, 0.2) is 0 Å². The summed E-state index contributed by atoms with van der Waals surface area (Å²) in [5, 5.41) is 8.97. The Labute approximate surface area is 57.3 Å². The first-order valence-corrected chi connectivity index (χ1v) is 4.48. The molecule has 0 aromatic carbocycles. The van der Waals surface area contributed by atoms with E-state index in [0.29, 0.717) is 6.54 Å². The van der Waals surface area contributed by atoms with E-state index in [1.54, 1.807) is 10.6 Å². The van der Waals surface area contributed by atoms with Gasteiger partial charge in [0.05, 0.1) is 17.1 Å². The van der Waals surface area contributed by atoms with E-state index in [1.165, 1.54) is 0 Å². The van der Waals surface area contributed by atoms with Crippen LogP contribution >= 0.6 is 0 Å². The molecule has 1 fully saturated rings. The van der Waals surface area contributed by atoms with E-state index in [9.17, 15) is 4.21 Å². The highest BCUT2D eigenvalue weighted by Crippen LogP contribution is 2.09. The first kappa shape index (κ1) is 7.18. The summed E-state index contributed by atoms with van der Waals surface area (Å²) in [5.41, 5.74) is 0. The minimum Gasteiger partial charge on any atom is -0.392 e. The van der Waals surface area contributed by atoms with Crippen molar-refractivity contribution in [3.8, 4) is 0 Å². The quantitative estimate of drug-likeness (QED) is 0.538. The first-order chi connectivity index (χ1) is 4.20. The third kappa shape index (κ3) is 1.74. The molecule has 1 N–H and O–H groups in total. The molecule has 0 spiro atoms. The Morgan fingerprint density at radius 3 is 2.67 bits per heavy atom. The minimum atomic E-state index is -0.888. The Balaban J connectivity index is 2.39. The van der Waals surface area contributed by atoms with Crippen LogP contribution in [0, 0.1) is 0 Å². The zero-order valence-corrected chi connectivity index (χ0v) is 6.23. The van der Waals surface area contributed by atoms with Crippen molar-refractivity contribution < 1.29 is 9.32 Å². The second-order valence-electron chi connectivity index (χ2n) is 2.25. The summed E-state index contributed by atoms with van der Waals surface area (Å²) < 4.78 is 12.5. The summed E-state index contributed by atoms with van der Waals surface area (Å²) in [6, 6.07) is 0. The predicted octanol–water partition coefficient (Wildman–Crippen LogP) is -0.653. The molecule has 0 bridgehead atoms. The van der Waals surface area contributed by atoms with Gasteiger partial charge in [0.2, 0.25) is 0 Å². The second-order valence-corrected chi connectivity index (χ2v) is 3.62. The predicted molar refractivity (Wildman–Crippen MR) is 36.3 cm³/mol. The number of aliphatic hydroxyl groups excluding tert-OH is 1. The highest BCUT2D eigenvalue weighted by Gasteiger charge is 2.21. The van der Waals surface area contributed by atoms with Crippen LogP contribution in [0.5, 0.6) is 0 Å². The summed E-state index contributed by atoms with van der Waals surface area (Å²) in [4.78, 5) is 0. The smallest absolute Gasteiger partial charge is 0.0911 e. The minimum absolute atomic E-state index is 0.256. The lowest BCUT2D eigenvalue weighted by Crippen LogP contribution is -2.23. The molecular formula is C5H11NO2S. The van der Waals surface area contributed by atoms with Gasteiger partial charge in [-0.1, -0.05) is 0 Å². The third-order valence-electron chi connectivity index (χ3n) is 1.49. The van der Waals surface area contributed by atoms with E-state index in [-0.39, 0.29) is 6.10 Å². The Bertz CT molecular complexity index is 128. The lowest BCUT2D eigenvalue weighted by molar-refractivity contribution is 0.190. The van der Waals surface area contributed by atoms with E-state index in [4.69, 9.17) is 5.11 Å². The second kappa shape index (κ2) is 2.77. The van der Waals surface area contributed by atoms with Gasteiger partial charge in [-0.3, -0.25) is 0 Å². The van der Waals surface area contributed by atoms with Gasteiger partial charge < -0.3 is 5.11 Å². The van der Waals surface area contributed by atoms with Crippen molar-refractivity contribution in [2.75, 3.05) is 19.3 Å². The number of nitrogens with zero attached hydrogens (tertiary/aromatic N) is 1. The lowest BCUT2D eigenvalue weighted by atomic mass is 10.3. The normalized spacial score (nSPS) is 32.9. The molecule has 1 rings (SSSR count). The molecule has 0 aliphatic carbocycles. The monoisotopic (exact) mass is 149 g/mol. The largest absolute Gasteiger partial charge is 0.392 e. The summed E-state index contributed by atoms with van der Waals surface area (Å²) >= 11 is 0. The molecule has 54 valence electrons. The van der Waals surface area contributed by atoms with Gasteiger partial charge in [0.1, 0.15) is 0 Å². The van der Waals surface area contributed by atoms with Crippen molar-refractivity contribution in [3.05, 3.63) is 0 Å². The molecule has 3 nitrogen and oxygen atoms in total. The number of β-amino-alcohol motifs (C(OH)–C–C–N with tert-alkyl or cyclic N) is 1. The van der Waals surface area contributed by atoms with Gasteiger partial charge in [-0.05, 0) is 6.42 Å². The molecule has 1 aliphatic heterocycles. The fourth-order valence-corrected chi connectivity index (χ4v) is 1.69. The van der Waals surface area contributed by atoms with Gasteiger partial charge in [-0.15, -0.1) is 0 Å². The van der Waals surface area contributed by atoms with Crippen LogP contribution in [-0.4, -0.2) is 39.1 Å². The van der Waals surface area contributed by atoms with Crippen LogP contribution in [0.3, 0.4) is 0 Å². The van der Waals surface area contributed by atoms with Crippen LogP contribution in [-0.2, 0) is 11.0 Å². The van der Waals surface area contributed by atoms with E-state index in [2.05, 4.69) is 0 Å². The van der Waals surface area contributed by atoms with Crippen molar-refractivity contribution >= 4 is 11.0 Å².